The zero-order valence-corrected chi connectivity index (χ0v) is 17.8. The predicted octanol–water partition coefficient (Wildman–Crippen LogP) is 5.61. The number of piperidine rings is 1. The molecule has 1 saturated heterocycles. The topological polar surface area (TPSA) is 32.3 Å². The lowest BCUT2D eigenvalue weighted by atomic mass is 9.79. The Kier molecular flexibility index (Phi) is 6.56. The van der Waals surface area contributed by atoms with Crippen molar-refractivity contribution in [3.63, 3.8) is 0 Å². The zero-order chi connectivity index (χ0) is 20.1. The van der Waals surface area contributed by atoms with E-state index in [9.17, 15) is 4.79 Å². The fourth-order valence-electron chi connectivity index (χ4n) is 3.80. The third-order valence-corrected chi connectivity index (χ3v) is 6.18. The molecule has 0 bridgehead atoms. The van der Waals surface area contributed by atoms with Gasteiger partial charge in [-0.2, -0.15) is 0 Å². The van der Waals surface area contributed by atoms with E-state index < -0.39 is 0 Å². The van der Waals surface area contributed by atoms with Crippen LogP contribution in [0.5, 0.6) is 0 Å². The first-order valence-electron chi connectivity index (χ1n) is 10.6. The Hall–Kier alpha value is -2.13. The summed E-state index contributed by atoms with van der Waals surface area (Å²) in [5.74, 6) is 0.721. The Bertz CT molecular complexity index is 769. The van der Waals surface area contributed by atoms with Crippen molar-refractivity contribution in [3.05, 3.63) is 65.2 Å². The van der Waals surface area contributed by atoms with Crippen LogP contribution < -0.4 is 5.32 Å². The summed E-state index contributed by atoms with van der Waals surface area (Å²) in [6, 6.07) is 17.2. The summed E-state index contributed by atoms with van der Waals surface area (Å²) in [5.41, 5.74) is 4.64. The van der Waals surface area contributed by atoms with Gasteiger partial charge in [0.15, 0.2) is 0 Å². The number of hydrogen-bond acceptors (Lipinski definition) is 2. The number of carbonyl (C=O) groups is 1. The molecule has 0 saturated carbocycles. The molecular formula is C25H34N2O. The molecule has 3 rings (SSSR count). The summed E-state index contributed by atoms with van der Waals surface area (Å²) < 4.78 is 0. The molecule has 1 aliphatic rings. The Balaban J connectivity index is 1.53. The van der Waals surface area contributed by atoms with Gasteiger partial charge < -0.3 is 5.32 Å². The van der Waals surface area contributed by atoms with E-state index in [4.69, 9.17) is 0 Å². The molecule has 0 spiro atoms. The molecule has 1 aliphatic heterocycles. The second-order valence-electron chi connectivity index (χ2n) is 8.74. The number of hydrogen-bond donors (Lipinski definition) is 1. The lowest BCUT2D eigenvalue weighted by Crippen LogP contribution is -2.44. The molecule has 150 valence electrons. The molecule has 0 atom stereocenters. The van der Waals surface area contributed by atoms with Crippen LogP contribution in [0.15, 0.2) is 48.5 Å². The van der Waals surface area contributed by atoms with E-state index in [1.165, 1.54) is 16.7 Å². The van der Waals surface area contributed by atoms with E-state index in [0.29, 0.717) is 5.92 Å². The van der Waals surface area contributed by atoms with Gasteiger partial charge >= 0.3 is 0 Å². The molecule has 1 fully saturated rings. The summed E-state index contributed by atoms with van der Waals surface area (Å²) in [5, 5.41) is 3.13. The first-order chi connectivity index (χ1) is 13.4. The first kappa shape index (κ1) is 20.6. The number of aryl methyl sites for hydroxylation is 1. The van der Waals surface area contributed by atoms with E-state index in [0.717, 1.165) is 44.6 Å². The van der Waals surface area contributed by atoms with Crippen molar-refractivity contribution in [2.75, 3.05) is 18.4 Å². The molecule has 28 heavy (non-hydrogen) atoms. The second-order valence-corrected chi connectivity index (χ2v) is 8.74. The minimum absolute atomic E-state index is 0.151. The smallest absolute Gasteiger partial charge is 0.230 e. The lowest BCUT2D eigenvalue weighted by molar-refractivity contribution is -0.127. The molecule has 0 aliphatic carbocycles. The molecule has 3 heteroatoms. The van der Waals surface area contributed by atoms with Crippen LogP contribution in [-0.4, -0.2) is 23.9 Å². The van der Waals surface area contributed by atoms with Crippen LogP contribution in [0.2, 0.25) is 0 Å². The molecule has 0 unspecified atom stereocenters. The Morgan fingerprint density at radius 3 is 2.11 bits per heavy atom. The third kappa shape index (κ3) is 5.02. The highest BCUT2D eigenvalue weighted by Crippen LogP contribution is 2.33. The number of likely N-dealkylation sites (tertiary alicyclic amines) is 1. The number of nitrogens with zero attached hydrogens (tertiary/aromatic N) is 1. The predicted molar refractivity (Wildman–Crippen MR) is 118 cm³/mol. The lowest BCUT2D eigenvalue weighted by Gasteiger charge is -2.38. The van der Waals surface area contributed by atoms with Crippen LogP contribution in [0, 0.1) is 5.41 Å². The van der Waals surface area contributed by atoms with E-state index >= 15 is 0 Å². The first-order valence-corrected chi connectivity index (χ1v) is 10.6. The van der Waals surface area contributed by atoms with Gasteiger partial charge in [0, 0.05) is 17.6 Å². The van der Waals surface area contributed by atoms with Crippen molar-refractivity contribution >= 4 is 11.6 Å². The molecule has 1 N–H and O–H groups in total. The fourth-order valence-corrected chi connectivity index (χ4v) is 3.80. The number of nitrogens with one attached hydrogen (secondary N) is 1. The standard InChI is InChI=1S/C25H34N2O/c1-5-20-8-12-23(13-9-20)26-24(28)25(4)14-16-27(17-15-25)18-21-6-10-22(11-7-21)19(2)3/h6-13,19H,5,14-18H2,1-4H3,(H,26,28). The van der Waals surface area contributed by atoms with Crippen molar-refractivity contribution < 1.29 is 4.79 Å². The highest BCUT2D eigenvalue weighted by molar-refractivity contribution is 5.95. The van der Waals surface area contributed by atoms with E-state index in [-0.39, 0.29) is 11.3 Å². The van der Waals surface area contributed by atoms with Gasteiger partial charge in [-0.15, -0.1) is 0 Å². The fraction of sp³-hybridized carbons (Fsp3) is 0.480. The van der Waals surface area contributed by atoms with Crippen molar-refractivity contribution in [2.45, 2.75) is 59.4 Å². The van der Waals surface area contributed by atoms with Crippen LogP contribution >= 0.6 is 0 Å². The molecular weight excluding hydrogens is 344 g/mol. The molecule has 3 nitrogen and oxygen atoms in total. The summed E-state index contributed by atoms with van der Waals surface area (Å²) >= 11 is 0. The Morgan fingerprint density at radius 2 is 1.57 bits per heavy atom. The van der Waals surface area contributed by atoms with Crippen molar-refractivity contribution in [3.8, 4) is 0 Å². The van der Waals surface area contributed by atoms with Gasteiger partial charge in [0.05, 0.1) is 0 Å². The highest BCUT2D eigenvalue weighted by Gasteiger charge is 2.36. The number of anilines is 1. The van der Waals surface area contributed by atoms with Crippen molar-refractivity contribution in [2.24, 2.45) is 5.41 Å². The quantitative estimate of drug-likeness (QED) is 0.708. The third-order valence-electron chi connectivity index (χ3n) is 6.18. The maximum atomic E-state index is 12.9. The monoisotopic (exact) mass is 378 g/mol. The van der Waals surface area contributed by atoms with Crippen LogP contribution in [0.4, 0.5) is 5.69 Å². The summed E-state index contributed by atoms with van der Waals surface area (Å²) in [6.07, 6.45) is 2.81. The minimum Gasteiger partial charge on any atom is -0.326 e. The number of carbonyl (C=O) groups excluding carboxylic acids is 1. The van der Waals surface area contributed by atoms with Gasteiger partial charge in [-0.1, -0.05) is 64.1 Å². The Labute approximate surface area is 170 Å². The largest absolute Gasteiger partial charge is 0.326 e. The van der Waals surface area contributed by atoms with Crippen LogP contribution in [0.25, 0.3) is 0 Å². The average molecular weight is 379 g/mol. The molecule has 2 aromatic rings. The van der Waals surface area contributed by atoms with Gasteiger partial charge in [-0.25, -0.2) is 0 Å². The minimum atomic E-state index is -0.290. The zero-order valence-electron chi connectivity index (χ0n) is 17.8. The molecule has 2 aromatic carbocycles. The van der Waals surface area contributed by atoms with E-state index in [1.807, 2.05) is 12.1 Å². The van der Waals surface area contributed by atoms with Gasteiger partial charge in [0.2, 0.25) is 5.91 Å². The van der Waals surface area contributed by atoms with E-state index in [1.54, 1.807) is 0 Å². The number of rotatable bonds is 6. The Morgan fingerprint density at radius 1 is 1.00 bits per heavy atom. The summed E-state index contributed by atoms with van der Waals surface area (Å²) in [7, 11) is 0. The summed E-state index contributed by atoms with van der Waals surface area (Å²) in [6.45, 7) is 11.6. The maximum absolute atomic E-state index is 12.9. The van der Waals surface area contributed by atoms with Gasteiger partial charge in [0.25, 0.3) is 0 Å². The number of amides is 1. The van der Waals surface area contributed by atoms with E-state index in [2.05, 4.69) is 74.3 Å². The molecule has 0 radical (unpaired) electrons. The maximum Gasteiger partial charge on any atom is 0.230 e. The molecule has 1 heterocycles. The molecule has 1 amide bonds. The van der Waals surface area contributed by atoms with Crippen LogP contribution in [0.1, 0.15) is 63.1 Å². The van der Waals surface area contributed by atoms with Crippen LogP contribution in [-0.2, 0) is 17.8 Å². The van der Waals surface area contributed by atoms with Crippen molar-refractivity contribution in [1.82, 2.24) is 4.90 Å². The SMILES string of the molecule is CCc1ccc(NC(=O)C2(C)CCN(Cc3ccc(C(C)C)cc3)CC2)cc1. The molecule has 0 aromatic heterocycles. The normalized spacial score (nSPS) is 16.9. The van der Waals surface area contributed by atoms with Gasteiger partial charge in [0.1, 0.15) is 0 Å². The van der Waals surface area contributed by atoms with Gasteiger partial charge in [-0.05, 0) is 67.1 Å². The highest BCUT2D eigenvalue weighted by atomic mass is 16.2. The van der Waals surface area contributed by atoms with Crippen LogP contribution in [0.3, 0.4) is 0 Å². The van der Waals surface area contributed by atoms with Gasteiger partial charge in [-0.3, -0.25) is 9.69 Å². The second kappa shape index (κ2) is 8.91. The summed E-state index contributed by atoms with van der Waals surface area (Å²) in [4.78, 5) is 15.3. The average Bonchev–Trinajstić information content (AvgIpc) is 2.71. The number of benzene rings is 2. The van der Waals surface area contributed by atoms with Crippen molar-refractivity contribution in [1.29, 1.82) is 0 Å².